The first-order chi connectivity index (χ1) is 3.73. The van der Waals surface area contributed by atoms with Crippen LogP contribution in [0.1, 0.15) is 6.92 Å². The second kappa shape index (κ2) is 4.70. The number of rotatable bonds is 0. The van der Waals surface area contributed by atoms with Crippen molar-refractivity contribution in [3.05, 3.63) is 0 Å². The molecule has 0 saturated heterocycles. The standard InChI is InChI=1S/C4H12N.C2H4OS/c1-5(2,3)4;1-2(3)4/h1-4H3;1H3,(H,3,4)/q+1;/p-1. The fourth-order valence-electron chi connectivity index (χ4n) is 0. The second-order valence-corrected chi connectivity index (χ2v) is 3.75. The highest BCUT2D eigenvalue weighted by atomic mass is 32.1. The fourth-order valence-corrected chi connectivity index (χ4v) is 0. The molecule has 0 radical (unpaired) electrons. The van der Waals surface area contributed by atoms with Crippen molar-refractivity contribution in [2.45, 2.75) is 6.92 Å². The maximum atomic E-state index is 9.26. The summed E-state index contributed by atoms with van der Waals surface area (Å²) in [6.45, 7) is 1.34. The Bertz CT molecular complexity index is 75.5. The molecule has 0 spiro atoms. The molecule has 0 rings (SSSR count). The minimum Gasteiger partial charge on any atom is -0.742 e. The van der Waals surface area contributed by atoms with E-state index in [-0.39, 0.29) is 5.12 Å². The SMILES string of the molecule is CC(=O)[S-].C[N+](C)(C)C. The molecule has 0 N–H and O–H groups in total. The summed E-state index contributed by atoms with van der Waals surface area (Å²) in [7, 11) is 8.50. The first kappa shape index (κ1) is 11.6. The molecule has 0 amide bonds. The van der Waals surface area contributed by atoms with Crippen LogP contribution >= 0.6 is 0 Å². The molecule has 0 aliphatic rings. The maximum Gasteiger partial charge on any atom is 0.0675 e. The van der Waals surface area contributed by atoms with Gasteiger partial charge in [-0.15, -0.1) is 0 Å². The van der Waals surface area contributed by atoms with Gasteiger partial charge in [-0.05, 0) is 6.92 Å². The number of nitrogens with zero attached hydrogens (tertiary/aromatic N) is 1. The molecule has 0 heterocycles. The van der Waals surface area contributed by atoms with Crippen LogP contribution in [-0.4, -0.2) is 37.8 Å². The Labute approximate surface area is 62.9 Å². The van der Waals surface area contributed by atoms with Gasteiger partial charge in [0.15, 0.2) is 0 Å². The van der Waals surface area contributed by atoms with Crippen LogP contribution in [0.2, 0.25) is 0 Å². The minimum atomic E-state index is -0.250. The van der Waals surface area contributed by atoms with E-state index in [1.807, 2.05) is 0 Å². The van der Waals surface area contributed by atoms with Crippen LogP contribution in [0, 0.1) is 0 Å². The van der Waals surface area contributed by atoms with Crippen LogP contribution < -0.4 is 0 Å². The van der Waals surface area contributed by atoms with Crippen molar-refractivity contribution < 1.29 is 9.28 Å². The van der Waals surface area contributed by atoms with Gasteiger partial charge in [0.05, 0.1) is 28.2 Å². The lowest BCUT2D eigenvalue weighted by atomic mass is 10.8. The lowest BCUT2D eigenvalue weighted by molar-refractivity contribution is -0.849. The lowest BCUT2D eigenvalue weighted by Crippen LogP contribution is -2.27. The predicted octanol–water partition coefficient (Wildman–Crippen LogP) is 0.402. The van der Waals surface area contributed by atoms with Crippen LogP contribution in [0.25, 0.3) is 0 Å². The van der Waals surface area contributed by atoms with Crippen LogP contribution in [-0.2, 0) is 17.4 Å². The number of carbonyl (C=O) groups is 1. The summed E-state index contributed by atoms with van der Waals surface area (Å²) in [4.78, 5) is 9.26. The Morgan fingerprint density at radius 2 is 1.22 bits per heavy atom. The quantitative estimate of drug-likeness (QED) is 0.366. The third kappa shape index (κ3) is 11900. The van der Waals surface area contributed by atoms with Gasteiger partial charge in [-0.2, -0.15) is 0 Å². The zero-order chi connectivity index (χ0) is 8.08. The minimum absolute atomic E-state index is 0.250. The number of hydrogen-bond donors (Lipinski definition) is 0. The van der Waals surface area contributed by atoms with E-state index in [0.717, 1.165) is 4.48 Å². The molecule has 0 atom stereocenters. The number of carbonyl (C=O) groups excluding carboxylic acids is 1. The zero-order valence-corrected chi connectivity index (χ0v) is 7.58. The van der Waals surface area contributed by atoms with Crippen molar-refractivity contribution >= 4 is 17.7 Å². The summed E-state index contributed by atoms with van der Waals surface area (Å²) in [5, 5.41) is -0.250. The number of hydrogen-bond acceptors (Lipinski definition) is 2. The van der Waals surface area contributed by atoms with Crippen molar-refractivity contribution in [1.29, 1.82) is 0 Å². The number of quaternary nitrogens is 1. The Morgan fingerprint density at radius 3 is 1.22 bits per heavy atom. The van der Waals surface area contributed by atoms with Gasteiger partial charge in [0, 0.05) is 5.12 Å². The highest BCUT2D eigenvalue weighted by Crippen LogP contribution is 1.73. The molecule has 0 aromatic rings. The molecule has 9 heavy (non-hydrogen) atoms. The Balaban J connectivity index is 0. The second-order valence-electron chi connectivity index (χ2n) is 3.17. The molecule has 3 heteroatoms. The predicted molar refractivity (Wildman–Crippen MR) is 42.0 cm³/mol. The van der Waals surface area contributed by atoms with Gasteiger partial charge in [-0.25, -0.2) is 0 Å². The lowest BCUT2D eigenvalue weighted by Gasteiger charge is -2.14. The van der Waals surface area contributed by atoms with Crippen LogP contribution in [0.4, 0.5) is 0 Å². The van der Waals surface area contributed by atoms with Gasteiger partial charge in [0.1, 0.15) is 0 Å². The van der Waals surface area contributed by atoms with E-state index in [1.165, 1.54) is 6.92 Å². The maximum absolute atomic E-state index is 9.26. The van der Waals surface area contributed by atoms with E-state index in [0.29, 0.717) is 0 Å². The first-order valence-corrected chi connectivity index (χ1v) is 3.11. The zero-order valence-electron chi connectivity index (χ0n) is 6.76. The molecule has 0 aromatic heterocycles. The summed E-state index contributed by atoms with van der Waals surface area (Å²) in [6.07, 6.45) is 0. The van der Waals surface area contributed by atoms with Crippen LogP contribution in [0.15, 0.2) is 0 Å². The summed E-state index contributed by atoms with van der Waals surface area (Å²) < 4.78 is 1.00. The molecule has 0 unspecified atom stereocenters. The normalized spacial score (nSPS) is 9.44. The highest BCUT2D eigenvalue weighted by molar-refractivity contribution is 7.76. The molecular weight excluding hydrogens is 134 g/mol. The van der Waals surface area contributed by atoms with E-state index in [1.54, 1.807) is 0 Å². The third-order valence-electron chi connectivity index (χ3n) is 0. The molecule has 0 aromatic carbocycles. The van der Waals surface area contributed by atoms with E-state index in [4.69, 9.17) is 0 Å². The average Bonchev–Trinajstić information content (AvgIpc) is 1.19. The van der Waals surface area contributed by atoms with Gasteiger partial charge >= 0.3 is 0 Å². The summed E-state index contributed by atoms with van der Waals surface area (Å²) in [5.41, 5.74) is 0. The Kier molecular flexibility index (Phi) is 6.07. The van der Waals surface area contributed by atoms with E-state index < -0.39 is 0 Å². The van der Waals surface area contributed by atoms with Crippen molar-refractivity contribution in [2.24, 2.45) is 0 Å². The van der Waals surface area contributed by atoms with Crippen molar-refractivity contribution in [3.8, 4) is 0 Å². The topological polar surface area (TPSA) is 17.1 Å². The summed E-state index contributed by atoms with van der Waals surface area (Å²) in [5.74, 6) is 0. The van der Waals surface area contributed by atoms with Gasteiger partial charge in [-0.1, -0.05) is 0 Å². The molecule has 0 saturated carbocycles. The molecular formula is C6H15NOS. The largest absolute Gasteiger partial charge is 0.742 e. The fraction of sp³-hybridized carbons (Fsp3) is 0.833. The van der Waals surface area contributed by atoms with E-state index >= 15 is 0 Å². The van der Waals surface area contributed by atoms with Gasteiger partial charge in [-0.3, -0.25) is 0 Å². The van der Waals surface area contributed by atoms with Crippen molar-refractivity contribution in [2.75, 3.05) is 28.2 Å². The first-order valence-electron chi connectivity index (χ1n) is 2.70. The Morgan fingerprint density at radius 1 is 1.22 bits per heavy atom. The van der Waals surface area contributed by atoms with Crippen molar-refractivity contribution in [3.63, 3.8) is 0 Å². The van der Waals surface area contributed by atoms with Crippen molar-refractivity contribution in [1.82, 2.24) is 0 Å². The summed E-state index contributed by atoms with van der Waals surface area (Å²) in [6, 6.07) is 0. The van der Waals surface area contributed by atoms with E-state index in [2.05, 4.69) is 40.8 Å². The molecule has 0 bridgehead atoms. The van der Waals surface area contributed by atoms with Gasteiger partial charge in [0.25, 0.3) is 0 Å². The monoisotopic (exact) mass is 149 g/mol. The Hall–Kier alpha value is -0.150. The van der Waals surface area contributed by atoms with Crippen LogP contribution in [0.5, 0.6) is 0 Å². The molecule has 0 aliphatic carbocycles. The third-order valence-corrected chi connectivity index (χ3v) is 0. The van der Waals surface area contributed by atoms with E-state index in [9.17, 15) is 4.79 Å². The highest BCUT2D eigenvalue weighted by Gasteiger charge is 1.88. The average molecular weight is 149 g/mol. The van der Waals surface area contributed by atoms with Gasteiger partial charge in [0.2, 0.25) is 0 Å². The molecule has 0 fully saturated rings. The molecule has 2 nitrogen and oxygen atoms in total. The summed E-state index contributed by atoms with van der Waals surface area (Å²) >= 11 is 3.98. The molecule has 0 aliphatic heterocycles. The van der Waals surface area contributed by atoms with Gasteiger partial charge < -0.3 is 21.9 Å². The van der Waals surface area contributed by atoms with Crippen LogP contribution in [0.3, 0.4) is 0 Å². The smallest absolute Gasteiger partial charge is 0.0675 e. The molecule has 56 valence electrons.